The number of nitrogens with zero attached hydrogens (tertiary/aromatic N) is 3. The second-order valence-corrected chi connectivity index (χ2v) is 4.45. The topological polar surface area (TPSA) is 96.7 Å². The van der Waals surface area contributed by atoms with E-state index in [9.17, 15) is 4.79 Å². The zero-order valence-electron chi connectivity index (χ0n) is 10.5. The first-order chi connectivity index (χ1) is 9.63. The fourth-order valence-corrected chi connectivity index (χ4v) is 1.85. The Hall–Kier alpha value is -2.36. The molecule has 1 heterocycles. The number of benzene rings is 1. The van der Waals surface area contributed by atoms with Crippen LogP contribution >= 0.6 is 11.6 Å². The summed E-state index contributed by atoms with van der Waals surface area (Å²) in [5.74, 6) is -0.346. The maximum atomic E-state index is 12.0. The van der Waals surface area contributed by atoms with Crippen molar-refractivity contribution in [3.05, 3.63) is 47.0 Å². The Kier molecular flexibility index (Phi) is 4.35. The van der Waals surface area contributed by atoms with E-state index >= 15 is 0 Å². The van der Waals surface area contributed by atoms with Gasteiger partial charge in [0.05, 0.1) is 16.9 Å². The Labute approximate surface area is 120 Å². The van der Waals surface area contributed by atoms with E-state index in [0.717, 1.165) is 0 Å². The van der Waals surface area contributed by atoms with Gasteiger partial charge in [0.1, 0.15) is 11.8 Å². The van der Waals surface area contributed by atoms with Crippen LogP contribution in [0.25, 0.3) is 0 Å². The van der Waals surface area contributed by atoms with E-state index in [2.05, 4.69) is 10.3 Å². The SMILES string of the molecule is N#Cc1ccc(NC(=O)c2cn(CCN)cn2)cc1Cl. The number of nitrogens with one attached hydrogen (secondary N) is 1. The number of hydrogen-bond acceptors (Lipinski definition) is 4. The first-order valence-electron chi connectivity index (χ1n) is 5.87. The van der Waals surface area contributed by atoms with Gasteiger partial charge in [-0.3, -0.25) is 4.79 Å². The highest BCUT2D eigenvalue weighted by atomic mass is 35.5. The summed E-state index contributed by atoms with van der Waals surface area (Å²) in [6.07, 6.45) is 3.17. The van der Waals surface area contributed by atoms with Gasteiger partial charge in [-0.15, -0.1) is 0 Å². The molecule has 0 unspecified atom stereocenters. The average molecular weight is 290 g/mol. The molecule has 0 aliphatic carbocycles. The van der Waals surface area contributed by atoms with Gasteiger partial charge in [0.15, 0.2) is 0 Å². The molecule has 1 amide bonds. The number of carbonyl (C=O) groups excluding carboxylic acids is 1. The summed E-state index contributed by atoms with van der Waals surface area (Å²) in [7, 11) is 0. The number of amides is 1. The van der Waals surface area contributed by atoms with Gasteiger partial charge in [-0.05, 0) is 18.2 Å². The summed E-state index contributed by atoms with van der Waals surface area (Å²) in [5, 5.41) is 11.7. The molecule has 20 heavy (non-hydrogen) atoms. The lowest BCUT2D eigenvalue weighted by molar-refractivity contribution is 0.102. The number of nitriles is 1. The number of rotatable bonds is 4. The molecule has 1 aromatic carbocycles. The number of halogens is 1. The molecular formula is C13H12ClN5O. The summed E-state index contributed by atoms with van der Waals surface area (Å²) in [6.45, 7) is 1.08. The number of aromatic nitrogens is 2. The van der Waals surface area contributed by atoms with Gasteiger partial charge in [-0.2, -0.15) is 5.26 Å². The molecule has 0 saturated carbocycles. The lowest BCUT2D eigenvalue weighted by atomic mass is 10.2. The quantitative estimate of drug-likeness (QED) is 0.894. The van der Waals surface area contributed by atoms with Gasteiger partial charge in [0.25, 0.3) is 5.91 Å². The van der Waals surface area contributed by atoms with Crippen LogP contribution in [0.15, 0.2) is 30.7 Å². The predicted octanol–water partition coefficient (Wildman–Crippen LogP) is 1.62. The summed E-state index contributed by atoms with van der Waals surface area (Å²) < 4.78 is 1.74. The fourth-order valence-electron chi connectivity index (χ4n) is 1.63. The lowest BCUT2D eigenvalue weighted by Crippen LogP contribution is -2.13. The molecule has 0 spiro atoms. The monoisotopic (exact) mass is 289 g/mol. The Morgan fingerprint density at radius 1 is 1.55 bits per heavy atom. The number of anilines is 1. The molecule has 0 aliphatic heterocycles. The van der Waals surface area contributed by atoms with Gasteiger partial charge in [-0.1, -0.05) is 11.6 Å². The van der Waals surface area contributed by atoms with Crippen molar-refractivity contribution in [2.75, 3.05) is 11.9 Å². The van der Waals surface area contributed by atoms with E-state index in [0.29, 0.717) is 35.1 Å². The minimum Gasteiger partial charge on any atom is -0.335 e. The summed E-state index contributed by atoms with van der Waals surface area (Å²) >= 11 is 5.90. The molecule has 1 aromatic heterocycles. The third-order valence-corrected chi connectivity index (χ3v) is 2.91. The van der Waals surface area contributed by atoms with Crippen LogP contribution in [-0.4, -0.2) is 22.0 Å². The highest BCUT2D eigenvalue weighted by Gasteiger charge is 2.10. The smallest absolute Gasteiger partial charge is 0.275 e. The van der Waals surface area contributed by atoms with E-state index in [1.807, 2.05) is 6.07 Å². The van der Waals surface area contributed by atoms with Crippen molar-refractivity contribution in [2.24, 2.45) is 5.73 Å². The van der Waals surface area contributed by atoms with Crippen LogP contribution < -0.4 is 11.1 Å². The van der Waals surface area contributed by atoms with Gasteiger partial charge >= 0.3 is 0 Å². The second kappa shape index (κ2) is 6.19. The first-order valence-corrected chi connectivity index (χ1v) is 6.24. The highest BCUT2D eigenvalue weighted by Crippen LogP contribution is 2.20. The molecule has 0 aliphatic rings. The molecule has 7 heteroatoms. The third-order valence-electron chi connectivity index (χ3n) is 2.60. The predicted molar refractivity (Wildman–Crippen MR) is 75.4 cm³/mol. The number of nitrogens with two attached hydrogens (primary N) is 1. The molecular weight excluding hydrogens is 278 g/mol. The molecule has 0 atom stereocenters. The Bertz CT molecular complexity index is 674. The van der Waals surface area contributed by atoms with Crippen molar-refractivity contribution in [1.82, 2.24) is 9.55 Å². The van der Waals surface area contributed by atoms with E-state index in [4.69, 9.17) is 22.6 Å². The summed E-state index contributed by atoms with van der Waals surface area (Å²) in [6, 6.07) is 6.63. The minimum absolute atomic E-state index is 0.291. The third kappa shape index (κ3) is 3.15. The first kappa shape index (κ1) is 14.1. The molecule has 6 nitrogen and oxygen atoms in total. The van der Waals surface area contributed by atoms with Crippen molar-refractivity contribution in [3.63, 3.8) is 0 Å². The maximum absolute atomic E-state index is 12.0. The van der Waals surface area contributed by atoms with E-state index in [-0.39, 0.29) is 5.91 Å². The van der Waals surface area contributed by atoms with Crippen molar-refractivity contribution in [3.8, 4) is 6.07 Å². The Morgan fingerprint density at radius 3 is 3.00 bits per heavy atom. The number of imidazole rings is 1. The maximum Gasteiger partial charge on any atom is 0.275 e. The molecule has 0 saturated heterocycles. The largest absolute Gasteiger partial charge is 0.335 e. The van der Waals surface area contributed by atoms with Crippen molar-refractivity contribution in [1.29, 1.82) is 5.26 Å². The van der Waals surface area contributed by atoms with E-state index in [1.54, 1.807) is 29.2 Å². The van der Waals surface area contributed by atoms with E-state index in [1.165, 1.54) is 6.07 Å². The van der Waals surface area contributed by atoms with Crippen molar-refractivity contribution >= 4 is 23.2 Å². The van der Waals surface area contributed by atoms with Crippen molar-refractivity contribution in [2.45, 2.75) is 6.54 Å². The van der Waals surface area contributed by atoms with Crippen LogP contribution in [0.3, 0.4) is 0 Å². The second-order valence-electron chi connectivity index (χ2n) is 4.05. The molecule has 2 aromatic rings. The molecule has 0 radical (unpaired) electrons. The summed E-state index contributed by atoms with van der Waals surface area (Å²) in [5.41, 5.74) is 6.58. The van der Waals surface area contributed by atoms with Crippen LogP contribution in [0, 0.1) is 11.3 Å². The van der Waals surface area contributed by atoms with Crippen molar-refractivity contribution < 1.29 is 4.79 Å². The van der Waals surface area contributed by atoms with Crippen LogP contribution in [-0.2, 0) is 6.54 Å². The zero-order chi connectivity index (χ0) is 14.5. The molecule has 0 fully saturated rings. The Balaban J connectivity index is 2.11. The van der Waals surface area contributed by atoms with Crippen LogP contribution in [0.2, 0.25) is 5.02 Å². The standard InChI is InChI=1S/C13H12ClN5O/c14-11-5-10(2-1-9(11)6-16)18-13(20)12-7-19(4-3-15)8-17-12/h1-2,5,7-8H,3-4,15H2,(H,18,20). The van der Waals surface area contributed by atoms with Crippen LogP contribution in [0.5, 0.6) is 0 Å². The number of carbonyl (C=O) groups is 1. The minimum atomic E-state index is -0.346. The molecule has 0 bridgehead atoms. The zero-order valence-corrected chi connectivity index (χ0v) is 11.3. The van der Waals surface area contributed by atoms with Gasteiger partial charge in [-0.25, -0.2) is 4.98 Å². The average Bonchev–Trinajstić information content (AvgIpc) is 2.88. The lowest BCUT2D eigenvalue weighted by Gasteiger charge is -2.04. The van der Waals surface area contributed by atoms with Crippen LogP contribution in [0.1, 0.15) is 16.1 Å². The van der Waals surface area contributed by atoms with Gasteiger partial charge in [0, 0.05) is 25.0 Å². The fraction of sp³-hybridized carbons (Fsp3) is 0.154. The molecule has 102 valence electrons. The van der Waals surface area contributed by atoms with Gasteiger partial charge in [0.2, 0.25) is 0 Å². The van der Waals surface area contributed by atoms with Crippen LogP contribution in [0.4, 0.5) is 5.69 Å². The van der Waals surface area contributed by atoms with E-state index < -0.39 is 0 Å². The Morgan fingerprint density at radius 2 is 2.35 bits per heavy atom. The summed E-state index contributed by atoms with van der Waals surface area (Å²) in [4.78, 5) is 16.0. The number of hydrogen-bond donors (Lipinski definition) is 2. The highest BCUT2D eigenvalue weighted by molar-refractivity contribution is 6.32. The normalized spacial score (nSPS) is 10.1. The molecule has 2 rings (SSSR count). The van der Waals surface area contributed by atoms with Gasteiger partial charge < -0.3 is 15.6 Å². The molecule has 3 N–H and O–H groups in total.